The van der Waals surface area contributed by atoms with Crippen molar-refractivity contribution in [3.8, 4) is 0 Å². The van der Waals surface area contributed by atoms with Crippen LogP contribution in [0.5, 0.6) is 0 Å². The topological polar surface area (TPSA) is 89.7 Å². The van der Waals surface area contributed by atoms with E-state index in [2.05, 4.69) is 6.92 Å². The standard InChI is InChI=1S/C18H22N2O4.C2H6/c1-9-7-13-15(10(2)18(5-6-18)11(3)16(13)22)14(9)8-20(17(19)23)24-12(4)21;1-2/h7,11H,5-6,8H2,1-4H3,(H2,19,23);1-2H3. The summed E-state index contributed by atoms with van der Waals surface area (Å²) in [6.07, 6.45) is 3.89. The van der Waals surface area contributed by atoms with E-state index in [0.29, 0.717) is 5.57 Å². The van der Waals surface area contributed by atoms with Gasteiger partial charge < -0.3 is 10.6 Å². The Morgan fingerprint density at radius 3 is 2.35 bits per heavy atom. The van der Waals surface area contributed by atoms with E-state index < -0.39 is 12.0 Å². The number of carbonyl (C=O) groups excluding carboxylic acids is 3. The molecule has 0 aromatic carbocycles. The molecule has 3 rings (SSSR count). The maximum Gasteiger partial charge on any atom is 0.348 e. The molecular formula is C20H28N2O4. The van der Waals surface area contributed by atoms with Gasteiger partial charge >= 0.3 is 12.0 Å². The molecule has 2 amide bonds. The number of rotatable bonds is 2. The number of hydroxylamine groups is 2. The second kappa shape index (κ2) is 7.09. The molecule has 0 aromatic heterocycles. The number of hydrogen-bond acceptors (Lipinski definition) is 4. The van der Waals surface area contributed by atoms with Crippen LogP contribution in [-0.2, 0) is 14.4 Å². The lowest BCUT2D eigenvalue weighted by molar-refractivity contribution is -0.171. The lowest BCUT2D eigenvalue weighted by Gasteiger charge is -2.33. The summed E-state index contributed by atoms with van der Waals surface area (Å²) < 4.78 is 0. The molecule has 0 heterocycles. The molecule has 26 heavy (non-hydrogen) atoms. The second-order valence-corrected chi connectivity index (χ2v) is 6.92. The zero-order valence-corrected chi connectivity index (χ0v) is 16.4. The molecule has 2 N–H and O–H groups in total. The molecule has 3 aliphatic carbocycles. The van der Waals surface area contributed by atoms with Crippen molar-refractivity contribution in [3.05, 3.63) is 33.9 Å². The minimum Gasteiger partial charge on any atom is -0.349 e. The maximum absolute atomic E-state index is 12.8. The van der Waals surface area contributed by atoms with E-state index >= 15 is 0 Å². The lowest BCUT2D eigenvalue weighted by Crippen LogP contribution is -2.39. The quantitative estimate of drug-likeness (QED) is 0.764. The fraction of sp³-hybridized carbons (Fsp3) is 0.550. The van der Waals surface area contributed by atoms with E-state index in [1.165, 1.54) is 12.5 Å². The molecule has 142 valence electrons. The van der Waals surface area contributed by atoms with E-state index in [9.17, 15) is 14.4 Å². The Labute approximate surface area is 154 Å². The first-order valence-electron chi connectivity index (χ1n) is 9.12. The SMILES string of the molecule is CC.CC(=O)ON(CC1=C(C)C=C2C(=O)C(C)C3(CC3)C(C)=C21)C(N)=O. The number of ketones is 1. The minimum absolute atomic E-state index is 0.0136. The Kier molecular flexibility index (Phi) is 5.44. The van der Waals surface area contributed by atoms with Crippen molar-refractivity contribution in [3.63, 3.8) is 0 Å². The Morgan fingerprint density at radius 1 is 1.31 bits per heavy atom. The number of carbonyl (C=O) groups is 3. The summed E-state index contributed by atoms with van der Waals surface area (Å²) in [5.41, 5.74) is 9.81. The number of primary amides is 1. The number of urea groups is 1. The highest BCUT2D eigenvalue weighted by Gasteiger charge is 2.56. The molecule has 0 aliphatic heterocycles. The van der Waals surface area contributed by atoms with Gasteiger partial charge in [0.2, 0.25) is 0 Å². The molecule has 1 fully saturated rings. The van der Waals surface area contributed by atoms with Gasteiger partial charge in [-0.05, 0) is 49.5 Å². The molecule has 1 unspecified atom stereocenters. The van der Waals surface area contributed by atoms with E-state index in [4.69, 9.17) is 10.6 Å². The van der Waals surface area contributed by atoms with Crippen molar-refractivity contribution in [1.29, 1.82) is 0 Å². The van der Waals surface area contributed by atoms with Crippen LogP contribution >= 0.6 is 0 Å². The van der Waals surface area contributed by atoms with Crippen LogP contribution in [0.4, 0.5) is 4.79 Å². The van der Waals surface area contributed by atoms with Gasteiger partial charge in [0, 0.05) is 23.8 Å². The fourth-order valence-corrected chi connectivity index (χ4v) is 4.02. The lowest BCUT2D eigenvalue weighted by atomic mass is 9.70. The summed E-state index contributed by atoms with van der Waals surface area (Å²) >= 11 is 0. The first-order chi connectivity index (χ1) is 12.2. The largest absolute Gasteiger partial charge is 0.349 e. The number of amides is 2. The predicted octanol–water partition coefficient (Wildman–Crippen LogP) is 3.44. The van der Waals surface area contributed by atoms with Crippen molar-refractivity contribution in [1.82, 2.24) is 5.06 Å². The third kappa shape index (κ3) is 3.08. The van der Waals surface area contributed by atoms with Crippen LogP contribution in [0.2, 0.25) is 0 Å². The van der Waals surface area contributed by atoms with Gasteiger partial charge in [0.15, 0.2) is 5.78 Å². The van der Waals surface area contributed by atoms with Crippen LogP contribution in [0.15, 0.2) is 33.9 Å². The molecule has 1 atom stereocenters. The molecule has 0 saturated heterocycles. The van der Waals surface area contributed by atoms with Crippen molar-refractivity contribution in [2.45, 2.75) is 54.4 Å². The van der Waals surface area contributed by atoms with Crippen LogP contribution in [0.1, 0.15) is 54.4 Å². The minimum atomic E-state index is -0.839. The summed E-state index contributed by atoms with van der Waals surface area (Å²) in [5.74, 6) is -0.475. The highest BCUT2D eigenvalue weighted by molar-refractivity contribution is 6.07. The third-order valence-electron chi connectivity index (χ3n) is 5.59. The first kappa shape index (κ1) is 19.9. The van der Waals surface area contributed by atoms with Crippen LogP contribution < -0.4 is 5.73 Å². The van der Waals surface area contributed by atoms with Crippen LogP contribution in [0.25, 0.3) is 0 Å². The van der Waals surface area contributed by atoms with Gasteiger partial charge in [-0.2, -0.15) is 0 Å². The third-order valence-corrected chi connectivity index (χ3v) is 5.59. The van der Waals surface area contributed by atoms with E-state index in [1.807, 2.05) is 33.8 Å². The number of allylic oxidation sites excluding steroid dienone is 4. The van der Waals surface area contributed by atoms with E-state index in [-0.39, 0.29) is 23.7 Å². The Hall–Kier alpha value is -2.37. The molecule has 0 bridgehead atoms. The van der Waals surface area contributed by atoms with Crippen molar-refractivity contribution in [2.75, 3.05) is 6.54 Å². The maximum atomic E-state index is 12.8. The molecular weight excluding hydrogens is 332 g/mol. The van der Waals surface area contributed by atoms with Crippen molar-refractivity contribution >= 4 is 17.8 Å². The molecule has 6 heteroatoms. The van der Waals surface area contributed by atoms with Crippen molar-refractivity contribution < 1.29 is 19.2 Å². The van der Waals surface area contributed by atoms with Crippen LogP contribution in [0.3, 0.4) is 0 Å². The average Bonchev–Trinajstić information content (AvgIpc) is 3.33. The molecule has 0 radical (unpaired) electrons. The summed E-state index contributed by atoms with van der Waals surface area (Å²) in [5, 5.41) is 0.848. The number of nitrogens with two attached hydrogens (primary N) is 1. The summed E-state index contributed by atoms with van der Waals surface area (Å²) in [4.78, 5) is 40.5. The normalized spacial score (nSPS) is 22.5. The Morgan fingerprint density at radius 2 is 1.88 bits per heavy atom. The van der Waals surface area contributed by atoms with Gasteiger partial charge in [0.05, 0.1) is 6.54 Å². The monoisotopic (exact) mass is 360 g/mol. The number of Topliss-reactive ketones (excluding diaryl/α,β-unsaturated/α-hetero) is 1. The van der Waals surface area contributed by atoms with Gasteiger partial charge in [-0.15, -0.1) is 5.06 Å². The molecule has 3 aliphatic rings. The summed E-state index contributed by atoms with van der Waals surface area (Å²) in [6, 6.07) is -0.839. The Bertz CT molecular complexity index is 754. The average molecular weight is 360 g/mol. The zero-order valence-electron chi connectivity index (χ0n) is 16.4. The van der Waals surface area contributed by atoms with E-state index in [0.717, 1.165) is 34.6 Å². The smallest absolute Gasteiger partial charge is 0.348 e. The molecule has 0 aromatic rings. The predicted molar refractivity (Wildman–Crippen MR) is 98.7 cm³/mol. The van der Waals surface area contributed by atoms with Gasteiger partial charge in [-0.25, -0.2) is 4.79 Å². The number of hydrogen-bond donors (Lipinski definition) is 1. The first-order valence-corrected chi connectivity index (χ1v) is 9.12. The number of nitrogens with zero attached hydrogens (tertiary/aromatic N) is 1. The van der Waals surface area contributed by atoms with Crippen LogP contribution in [-0.4, -0.2) is 29.4 Å². The molecule has 1 spiro atoms. The van der Waals surface area contributed by atoms with Gasteiger partial charge in [0.1, 0.15) is 0 Å². The van der Waals surface area contributed by atoms with Gasteiger partial charge in [-0.1, -0.05) is 26.3 Å². The van der Waals surface area contributed by atoms with E-state index in [1.54, 1.807) is 0 Å². The van der Waals surface area contributed by atoms with Crippen LogP contribution in [0, 0.1) is 11.3 Å². The molecule has 1 saturated carbocycles. The highest BCUT2D eigenvalue weighted by atomic mass is 16.7. The fourth-order valence-electron chi connectivity index (χ4n) is 4.02. The van der Waals surface area contributed by atoms with Gasteiger partial charge in [0.25, 0.3) is 0 Å². The molecule has 6 nitrogen and oxygen atoms in total. The van der Waals surface area contributed by atoms with Crippen molar-refractivity contribution in [2.24, 2.45) is 17.1 Å². The second-order valence-electron chi connectivity index (χ2n) is 6.92. The number of fused-ring (bicyclic) bond motifs is 1. The Balaban J connectivity index is 0.00000117. The highest BCUT2D eigenvalue weighted by Crippen LogP contribution is 2.63. The summed E-state index contributed by atoms with van der Waals surface area (Å²) in [6.45, 7) is 11.2. The van der Waals surface area contributed by atoms with Gasteiger partial charge in [-0.3, -0.25) is 9.59 Å². The zero-order chi connectivity index (χ0) is 19.8. The summed E-state index contributed by atoms with van der Waals surface area (Å²) in [7, 11) is 0.